The normalized spacial score (nSPS) is 10.2. The molecule has 2 aromatic rings. The summed E-state index contributed by atoms with van der Waals surface area (Å²) in [4.78, 5) is 29.3. The Balaban J connectivity index is 2.04. The Morgan fingerprint density at radius 1 is 1.17 bits per heavy atom. The van der Waals surface area contributed by atoms with Gasteiger partial charge < -0.3 is 10.2 Å². The third kappa shape index (κ3) is 5.23. The van der Waals surface area contributed by atoms with E-state index in [9.17, 15) is 9.59 Å². The van der Waals surface area contributed by atoms with Crippen LogP contribution in [0.25, 0.3) is 0 Å². The summed E-state index contributed by atoms with van der Waals surface area (Å²) in [5, 5.41) is 3.51. The second kappa shape index (κ2) is 7.94. The molecule has 2 amide bonds. The largest absolute Gasteiger partial charge is 0.349 e. The van der Waals surface area contributed by atoms with Crippen LogP contribution in [0.2, 0.25) is 10.0 Å². The molecular weight excluding hydrogens is 337 g/mol. The lowest BCUT2D eigenvalue weighted by atomic mass is 10.2. The highest BCUT2D eigenvalue weighted by molar-refractivity contribution is 6.35. The van der Waals surface area contributed by atoms with Crippen LogP contribution in [-0.4, -0.2) is 23.3 Å². The van der Waals surface area contributed by atoms with E-state index in [0.717, 1.165) is 5.69 Å². The predicted molar refractivity (Wildman–Crippen MR) is 90.6 cm³/mol. The van der Waals surface area contributed by atoms with Crippen LogP contribution in [0.1, 0.15) is 12.6 Å². The van der Waals surface area contributed by atoms with E-state index in [1.165, 1.54) is 11.8 Å². The van der Waals surface area contributed by atoms with Crippen molar-refractivity contribution in [1.29, 1.82) is 0 Å². The molecule has 0 aliphatic rings. The van der Waals surface area contributed by atoms with Crippen molar-refractivity contribution >= 4 is 40.7 Å². The molecule has 120 valence electrons. The predicted octanol–water partition coefficient (Wildman–Crippen LogP) is 3.06. The quantitative estimate of drug-likeness (QED) is 0.900. The van der Waals surface area contributed by atoms with Gasteiger partial charge in [-0.15, -0.1) is 0 Å². The summed E-state index contributed by atoms with van der Waals surface area (Å²) < 4.78 is 0. The Morgan fingerprint density at radius 2 is 1.87 bits per heavy atom. The molecule has 23 heavy (non-hydrogen) atoms. The third-order valence-electron chi connectivity index (χ3n) is 3.03. The average molecular weight is 352 g/mol. The molecule has 1 N–H and O–H groups in total. The zero-order valence-electron chi connectivity index (χ0n) is 12.4. The monoisotopic (exact) mass is 351 g/mol. The first-order chi connectivity index (χ1) is 11.0. The van der Waals surface area contributed by atoms with Crippen molar-refractivity contribution in [3.63, 3.8) is 0 Å². The maximum atomic E-state index is 12.1. The Kier molecular flexibility index (Phi) is 5.96. The van der Waals surface area contributed by atoms with E-state index >= 15 is 0 Å². The molecule has 0 aliphatic carbocycles. The number of carbonyl (C=O) groups excluding carboxylic acids is 2. The van der Waals surface area contributed by atoms with E-state index < -0.39 is 0 Å². The highest BCUT2D eigenvalue weighted by Crippen LogP contribution is 2.25. The maximum Gasteiger partial charge on any atom is 0.240 e. The first-order valence-electron chi connectivity index (χ1n) is 6.86. The maximum absolute atomic E-state index is 12.1. The van der Waals surface area contributed by atoms with Gasteiger partial charge in [0.2, 0.25) is 11.8 Å². The molecule has 0 atom stereocenters. The molecule has 0 fully saturated rings. The summed E-state index contributed by atoms with van der Waals surface area (Å²) in [7, 11) is 0. The molecule has 0 saturated heterocycles. The van der Waals surface area contributed by atoms with Gasteiger partial charge in [-0.25, -0.2) is 0 Å². The Labute approximate surface area is 144 Å². The molecule has 0 bridgehead atoms. The number of halogens is 2. The van der Waals surface area contributed by atoms with E-state index in [-0.39, 0.29) is 18.4 Å². The number of amides is 2. The summed E-state index contributed by atoms with van der Waals surface area (Å²) in [5.41, 5.74) is 1.21. The van der Waals surface area contributed by atoms with Crippen LogP contribution < -0.4 is 10.2 Å². The number of pyridine rings is 1. The van der Waals surface area contributed by atoms with Gasteiger partial charge in [-0.1, -0.05) is 29.3 Å². The fourth-order valence-electron chi connectivity index (χ4n) is 1.97. The van der Waals surface area contributed by atoms with Gasteiger partial charge in [-0.05, 0) is 30.3 Å². The summed E-state index contributed by atoms with van der Waals surface area (Å²) in [5.74, 6) is -0.585. The number of hydrogen-bond acceptors (Lipinski definition) is 3. The highest BCUT2D eigenvalue weighted by Gasteiger charge is 2.16. The topological polar surface area (TPSA) is 62.3 Å². The lowest BCUT2D eigenvalue weighted by Gasteiger charge is -2.21. The molecule has 5 nitrogen and oxygen atoms in total. The number of hydrogen-bond donors (Lipinski definition) is 1. The van der Waals surface area contributed by atoms with Crippen molar-refractivity contribution in [3.8, 4) is 0 Å². The zero-order valence-corrected chi connectivity index (χ0v) is 13.9. The molecule has 1 aromatic heterocycles. The molecule has 0 saturated carbocycles. The summed E-state index contributed by atoms with van der Waals surface area (Å²) in [6.45, 7) is 1.54. The van der Waals surface area contributed by atoms with Crippen molar-refractivity contribution in [2.45, 2.75) is 13.5 Å². The van der Waals surface area contributed by atoms with Crippen molar-refractivity contribution < 1.29 is 9.59 Å². The number of aromatic nitrogens is 1. The second-order valence-electron chi connectivity index (χ2n) is 4.83. The number of rotatable bonds is 5. The van der Waals surface area contributed by atoms with Crippen LogP contribution in [0.4, 0.5) is 5.69 Å². The zero-order chi connectivity index (χ0) is 16.8. The van der Waals surface area contributed by atoms with E-state index in [0.29, 0.717) is 22.3 Å². The van der Waals surface area contributed by atoms with Crippen LogP contribution in [0.3, 0.4) is 0 Å². The fourth-order valence-corrected chi connectivity index (χ4v) is 2.49. The lowest BCUT2D eigenvalue weighted by Crippen LogP contribution is -2.39. The summed E-state index contributed by atoms with van der Waals surface area (Å²) in [6, 6.07) is 10.2. The SMILES string of the molecule is CC(=O)N(CC(=O)NCc1ccccn1)c1cc(Cl)cc(Cl)c1. The molecule has 1 aromatic carbocycles. The molecule has 0 unspecified atom stereocenters. The minimum atomic E-state index is -0.304. The molecule has 7 heteroatoms. The van der Waals surface area contributed by atoms with Crippen molar-refractivity contribution in [1.82, 2.24) is 10.3 Å². The van der Waals surface area contributed by atoms with E-state index in [2.05, 4.69) is 10.3 Å². The number of nitrogens with zero attached hydrogens (tertiary/aromatic N) is 2. The first-order valence-corrected chi connectivity index (χ1v) is 7.62. The van der Waals surface area contributed by atoms with E-state index in [1.807, 2.05) is 6.07 Å². The fraction of sp³-hybridized carbons (Fsp3) is 0.188. The summed E-state index contributed by atoms with van der Waals surface area (Å²) >= 11 is 11.9. The van der Waals surface area contributed by atoms with Gasteiger partial charge in [0.05, 0.1) is 12.2 Å². The second-order valence-corrected chi connectivity index (χ2v) is 5.70. The molecule has 2 rings (SSSR count). The van der Waals surface area contributed by atoms with Gasteiger partial charge in [-0.3, -0.25) is 14.6 Å². The Hall–Kier alpha value is -2.11. The van der Waals surface area contributed by atoms with E-state index in [4.69, 9.17) is 23.2 Å². The van der Waals surface area contributed by atoms with Crippen molar-refractivity contribution in [2.24, 2.45) is 0 Å². The number of nitrogens with one attached hydrogen (secondary N) is 1. The Bertz CT molecular complexity index is 687. The van der Waals surface area contributed by atoms with Gasteiger partial charge in [-0.2, -0.15) is 0 Å². The minimum Gasteiger partial charge on any atom is -0.349 e. The average Bonchev–Trinajstić information content (AvgIpc) is 2.50. The smallest absolute Gasteiger partial charge is 0.240 e. The van der Waals surface area contributed by atoms with Crippen LogP contribution in [0.5, 0.6) is 0 Å². The van der Waals surface area contributed by atoms with Gasteiger partial charge in [0.1, 0.15) is 6.54 Å². The van der Waals surface area contributed by atoms with Crippen molar-refractivity contribution in [3.05, 3.63) is 58.3 Å². The van der Waals surface area contributed by atoms with Gasteiger partial charge >= 0.3 is 0 Å². The molecule has 0 spiro atoms. The van der Waals surface area contributed by atoms with Crippen molar-refractivity contribution in [2.75, 3.05) is 11.4 Å². The first kappa shape index (κ1) is 17.2. The van der Waals surface area contributed by atoms with Gasteiger partial charge in [0.25, 0.3) is 0 Å². The van der Waals surface area contributed by atoms with Gasteiger partial charge in [0.15, 0.2) is 0 Å². The van der Waals surface area contributed by atoms with Crippen LogP contribution in [-0.2, 0) is 16.1 Å². The molecule has 0 radical (unpaired) electrons. The van der Waals surface area contributed by atoms with E-state index in [1.54, 1.807) is 36.5 Å². The molecule has 1 heterocycles. The van der Waals surface area contributed by atoms with Crippen LogP contribution >= 0.6 is 23.2 Å². The number of anilines is 1. The standard InChI is InChI=1S/C16H15Cl2N3O2/c1-11(22)21(15-7-12(17)6-13(18)8-15)10-16(23)20-9-14-4-2-3-5-19-14/h2-8H,9-10H2,1H3,(H,20,23). The Morgan fingerprint density at radius 3 is 2.43 bits per heavy atom. The lowest BCUT2D eigenvalue weighted by molar-refractivity contribution is -0.123. The summed E-state index contributed by atoms with van der Waals surface area (Å²) in [6.07, 6.45) is 1.65. The number of benzene rings is 1. The number of carbonyl (C=O) groups is 2. The third-order valence-corrected chi connectivity index (χ3v) is 3.47. The van der Waals surface area contributed by atoms with Gasteiger partial charge in [0, 0.05) is 28.9 Å². The van der Waals surface area contributed by atoms with Crippen LogP contribution in [0.15, 0.2) is 42.6 Å². The van der Waals surface area contributed by atoms with Crippen LogP contribution in [0, 0.1) is 0 Å². The molecular formula is C16H15Cl2N3O2. The molecule has 0 aliphatic heterocycles. The minimum absolute atomic E-state index is 0.126. The highest BCUT2D eigenvalue weighted by atomic mass is 35.5.